The van der Waals surface area contributed by atoms with Crippen LogP contribution in [0.3, 0.4) is 0 Å². The Hall–Kier alpha value is -3.15. The van der Waals surface area contributed by atoms with Crippen LogP contribution in [0.4, 0.5) is 0 Å². The molecule has 3 aromatic rings. The summed E-state index contributed by atoms with van der Waals surface area (Å²) in [5, 5.41) is 3.25. The number of aromatic nitrogens is 2. The van der Waals surface area contributed by atoms with Gasteiger partial charge in [-0.3, -0.25) is 9.59 Å². The molecule has 2 N–H and O–H groups in total. The number of rotatable bonds is 6. The van der Waals surface area contributed by atoms with E-state index in [9.17, 15) is 9.59 Å². The Morgan fingerprint density at radius 3 is 2.66 bits per heavy atom. The molecule has 0 spiro atoms. The van der Waals surface area contributed by atoms with Gasteiger partial charge in [0, 0.05) is 18.7 Å². The first-order valence-corrected chi connectivity index (χ1v) is 11.6. The van der Waals surface area contributed by atoms with Crippen molar-refractivity contribution in [1.82, 2.24) is 20.2 Å². The van der Waals surface area contributed by atoms with E-state index in [0.29, 0.717) is 18.7 Å². The zero-order valence-corrected chi connectivity index (χ0v) is 19.1. The topological polar surface area (TPSA) is 78.1 Å². The molecule has 6 heteroatoms. The Labute approximate surface area is 189 Å². The Morgan fingerprint density at radius 2 is 1.94 bits per heavy atom. The van der Waals surface area contributed by atoms with E-state index in [1.54, 1.807) is 0 Å². The first kappa shape index (κ1) is 22.1. The molecule has 32 heavy (non-hydrogen) atoms. The number of carbonyl (C=O) groups excluding carboxylic acids is 2. The van der Waals surface area contributed by atoms with Crippen LogP contribution < -0.4 is 5.32 Å². The summed E-state index contributed by atoms with van der Waals surface area (Å²) in [7, 11) is 0. The van der Waals surface area contributed by atoms with Crippen molar-refractivity contribution in [2.24, 2.45) is 11.8 Å². The fourth-order valence-corrected chi connectivity index (χ4v) is 4.36. The number of hydrogen-bond donors (Lipinski definition) is 2. The zero-order valence-electron chi connectivity index (χ0n) is 19.1. The molecule has 0 radical (unpaired) electrons. The number of fused-ring (bicyclic) bond motifs is 1. The molecule has 1 aliphatic rings. The highest BCUT2D eigenvalue weighted by molar-refractivity contribution is 5.94. The fourth-order valence-electron chi connectivity index (χ4n) is 4.36. The molecule has 3 unspecified atom stereocenters. The van der Waals surface area contributed by atoms with Crippen LogP contribution in [-0.4, -0.2) is 39.8 Å². The van der Waals surface area contributed by atoms with E-state index in [1.807, 2.05) is 60.4 Å². The number of amides is 2. The second-order valence-corrected chi connectivity index (χ2v) is 8.97. The Kier molecular flexibility index (Phi) is 6.58. The minimum Gasteiger partial charge on any atom is -0.346 e. The van der Waals surface area contributed by atoms with Gasteiger partial charge in [-0.25, -0.2) is 4.98 Å². The predicted octanol–water partition coefficient (Wildman–Crippen LogP) is 4.63. The van der Waals surface area contributed by atoms with Gasteiger partial charge >= 0.3 is 0 Å². The van der Waals surface area contributed by atoms with Gasteiger partial charge in [-0.05, 0) is 49.9 Å². The van der Waals surface area contributed by atoms with E-state index in [2.05, 4.69) is 24.1 Å². The highest BCUT2D eigenvalue weighted by atomic mass is 16.2. The zero-order chi connectivity index (χ0) is 22.7. The van der Waals surface area contributed by atoms with Gasteiger partial charge in [-0.15, -0.1) is 0 Å². The van der Waals surface area contributed by atoms with Crippen LogP contribution in [0.2, 0.25) is 0 Å². The van der Waals surface area contributed by atoms with Gasteiger partial charge < -0.3 is 15.2 Å². The molecule has 2 amide bonds. The molecule has 1 fully saturated rings. The second kappa shape index (κ2) is 9.55. The molecule has 1 aromatic heterocycles. The molecule has 1 saturated heterocycles. The smallest absolute Gasteiger partial charge is 0.253 e. The van der Waals surface area contributed by atoms with Crippen molar-refractivity contribution < 1.29 is 9.59 Å². The molecule has 2 aromatic carbocycles. The van der Waals surface area contributed by atoms with Gasteiger partial charge in [-0.1, -0.05) is 50.1 Å². The molecule has 6 nitrogen and oxygen atoms in total. The number of H-pyrrole nitrogens is 1. The predicted molar refractivity (Wildman–Crippen MR) is 126 cm³/mol. The van der Waals surface area contributed by atoms with Crippen molar-refractivity contribution in [2.45, 2.75) is 46.1 Å². The molecule has 4 rings (SSSR count). The number of piperidine rings is 1. The maximum Gasteiger partial charge on any atom is 0.253 e. The maximum absolute atomic E-state index is 13.3. The standard InChI is InChI=1S/C26H32N4O2/c1-4-18(3)23(24-27-21-9-5-6-10-22(21)28-24)29-25(31)20-8-7-15-30(16-20)26(32)19-13-11-17(2)12-14-19/h5-6,9-14,18,20,23H,4,7-8,15-16H2,1-3H3,(H,27,28)(H,29,31). The third-order valence-corrected chi connectivity index (χ3v) is 6.59. The Morgan fingerprint density at radius 1 is 1.19 bits per heavy atom. The molecule has 1 aliphatic heterocycles. The molecular formula is C26H32N4O2. The highest BCUT2D eigenvalue weighted by Gasteiger charge is 2.32. The number of benzene rings is 2. The third-order valence-electron chi connectivity index (χ3n) is 6.59. The monoisotopic (exact) mass is 432 g/mol. The average Bonchev–Trinajstić information content (AvgIpc) is 3.26. The average molecular weight is 433 g/mol. The van der Waals surface area contributed by atoms with E-state index in [1.165, 1.54) is 0 Å². The number of likely N-dealkylation sites (tertiary alicyclic amines) is 1. The van der Waals surface area contributed by atoms with Crippen LogP contribution in [0.1, 0.15) is 60.9 Å². The number of hydrogen-bond acceptors (Lipinski definition) is 3. The van der Waals surface area contributed by atoms with Crippen LogP contribution in [0.5, 0.6) is 0 Å². The summed E-state index contributed by atoms with van der Waals surface area (Å²) in [6.07, 6.45) is 2.54. The van der Waals surface area contributed by atoms with Gasteiger partial charge in [-0.2, -0.15) is 0 Å². The minimum atomic E-state index is -0.214. The highest BCUT2D eigenvalue weighted by Crippen LogP contribution is 2.26. The summed E-state index contributed by atoms with van der Waals surface area (Å²) in [5.74, 6) is 0.801. The number of carbonyl (C=O) groups is 2. The van der Waals surface area contributed by atoms with Crippen LogP contribution in [-0.2, 0) is 4.79 Å². The molecule has 2 heterocycles. The number of aryl methyl sites for hydroxylation is 1. The van der Waals surface area contributed by atoms with Gasteiger partial charge in [0.1, 0.15) is 5.82 Å². The molecule has 0 saturated carbocycles. The van der Waals surface area contributed by atoms with Gasteiger partial charge in [0.15, 0.2) is 0 Å². The van der Waals surface area contributed by atoms with E-state index < -0.39 is 0 Å². The molecule has 168 valence electrons. The minimum absolute atomic E-state index is 0.00161. The summed E-state index contributed by atoms with van der Waals surface area (Å²) >= 11 is 0. The number of aromatic amines is 1. The van der Waals surface area contributed by atoms with Crippen molar-refractivity contribution in [1.29, 1.82) is 0 Å². The van der Waals surface area contributed by atoms with Gasteiger partial charge in [0.25, 0.3) is 5.91 Å². The first-order valence-electron chi connectivity index (χ1n) is 11.6. The van der Waals surface area contributed by atoms with Gasteiger partial charge in [0.05, 0.1) is 23.0 Å². The Balaban J connectivity index is 1.47. The Bertz CT molecular complexity index is 1060. The van der Waals surface area contributed by atoms with Crippen molar-refractivity contribution in [2.75, 3.05) is 13.1 Å². The van der Waals surface area contributed by atoms with Crippen molar-refractivity contribution in [3.8, 4) is 0 Å². The quantitative estimate of drug-likeness (QED) is 0.596. The molecule has 0 bridgehead atoms. The summed E-state index contributed by atoms with van der Waals surface area (Å²) < 4.78 is 0. The van der Waals surface area contributed by atoms with Crippen LogP contribution in [0, 0.1) is 18.8 Å². The number of para-hydroxylation sites is 2. The number of imidazole rings is 1. The summed E-state index contributed by atoms with van der Waals surface area (Å²) in [5.41, 5.74) is 3.67. The lowest BCUT2D eigenvalue weighted by molar-refractivity contribution is -0.127. The largest absolute Gasteiger partial charge is 0.346 e. The van der Waals surface area contributed by atoms with Crippen LogP contribution >= 0.6 is 0 Å². The van der Waals surface area contributed by atoms with Crippen molar-refractivity contribution in [3.05, 3.63) is 65.5 Å². The summed E-state index contributed by atoms with van der Waals surface area (Å²) in [4.78, 5) is 36.2. The fraction of sp³-hybridized carbons (Fsp3) is 0.423. The number of nitrogens with zero attached hydrogens (tertiary/aromatic N) is 2. The van der Waals surface area contributed by atoms with E-state index in [-0.39, 0.29) is 29.7 Å². The van der Waals surface area contributed by atoms with E-state index in [4.69, 9.17) is 4.98 Å². The summed E-state index contributed by atoms with van der Waals surface area (Å²) in [6.45, 7) is 7.40. The van der Waals surface area contributed by atoms with Crippen LogP contribution in [0.15, 0.2) is 48.5 Å². The lowest BCUT2D eigenvalue weighted by Crippen LogP contribution is -2.46. The molecule has 3 atom stereocenters. The molecule has 0 aliphatic carbocycles. The van der Waals surface area contributed by atoms with Gasteiger partial charge in [0.2, 0.25) is 5.91 Å². The maximum atomic E-state index is 13.3. The molecular weight excluding hydrogens is 400 g/mol. The number of nitrogens with one attached hydrogen (secondary N) is 2. The third kappa shape index (κ3) is 4.69. The van der Waals surface area contributed by atoms with Crippen molar-refractivity contribution >= 4 is 22.8 Å². The SMILES string of the molecule is CCC(C)C(NC(=O)C1CCCN(C(=O)c2ccc(C)cc2)C1)c1nc2ccccc2[nH]1. The van der Waals surface area contributed by atoms with Crippen molar-refractivity contribution in [3.63, 3.8) is 0 Å². The van der Waals surface area contributed by atoms with E-state index >= 15 is 0 Å². The normalized spacial score (nSPS) is 18.3. The van der Waals surface area contributed by atoms with Crippen LogP contribution in [0.25, 0.3) is 11.0 Å². The lowest BCUT2D eigenvalue weighted by Gasteiger charge is -2.33. The lowest BCUT2D eigenvalue weighted by atomic mass is 9.93. The first-order chi connectivity index (χ1) is 15.5. The van der Waals surface area contributed by atoms with E-state index in [0.717, 1.165) is 41.7 Å². The second-order valence-electron chi connectivity index (χ2n) is 8.97. The summed E-state index contributed by atoms with van der Waals surface area (Å²) in [6, 6.07) is 15.3.